The van der Waals surface area contributed by atoms with Crippen molar-refractivity contribution in [1.29, 1.82) is 0 Å². The number of benzene rings is 1. The smallest absolute Gasteiger partial charge is 0.133 e. The quantitative estimate of drug-likeness (QED) is 0.911. The summed E-state index contributed by atoms with van der Waals surface area (Å²) in [6.45, 7) is 2.21. The molecule has 0 saturated heterocycles. The van der Waals surface area contributed by atoms with Crippen molar-refractivity contribution in [1.82, 2.24) is 5.32 Å². The molecule has 2 rings (SSSR count). The lowest BCUT2D eigenvalue weighted by molar-refractivity contribution is 0.313. The zero-order chi connectivity index (χ0) is 11.5. The van der Waals surface area contributed by atoms with E-state index in [4.69, 9.17) is 4.74 Å². The molecule has 1 N–H and O–H groups in total. The van der Waals surface area contributed by atoms with Gasteiger partial charge in [0.15, 0.2) is 0 Å². The number of halogens is 1. The molecule has 1 aliphatic carbocycles. The van der Waals surface area contributed by atoms with Crippen LogP contribution < -0.4 is 10.1 Å². The zero-order valence-corrected chi connectivity index (χ0v) is 11.4. The molecule has 1 unspecified atom stereocenters. The van der Waals surface area contributed by atoms with Gasteiger partial charge < -0.3 is 10.1 Å². The molecule has 1 aromatic rings. The number of methoxy groups -OCH3 is 1. The van der Waals surface area contributed by atoms with Crippen LogP contribution in [-0.4, -0.2) is 13.2 Å². The Morgan fingerprint density at radius 3 is 2.69 bits per heavy atom. The summed E-state index contributed by atoms with van der Waals surface area (Å²) in [6.07, 6.45) is 4.01. The Balaban J connectivity index is 2.04. The fourth-order valence-corrected chi connectivity index (χ4v) is 2.54. The van der Waals surface area contributed by atoms with E-state index in [1.54, 1.807) is 7.11 Å². The summed E-state index contributed by atoms with van der Waals surface area (Å²) in [5.74, 6) is 0.889. The standard InChI is InChI=1S/C13H18BrNO/c1-9(15-11-4-3-5-11)10-6-7-13(16-2)12(14)8-10/h6-9,11,15H,3-5H2,1-2H3. The van der Waals surface area contributed by atoms with Gasteiger partial charge in [0.1, 0.15) is 5.75 Å². The highest BCUT2D eigenvalue weighted by Gasteiger charge is 2.19. The topological polar surface area (TPSA) is 21.3 Å². The molecule has 3 heteroatoms. The molecular formula is C13H18BrNO. The van der Waals surface area contributed by atoms with E-state index in [9.17, 15) is 0 Å². The number of rotatable bonds is 4. The van der Waals surface area contributed by atoms with Crippen LogP contribution in [-0.2, 0) is 0 Å². The van der Waals surface area contributed by atoms with E-state index in [-0.39, 0.29) is 0 Å². The van der Waals surface area contributed by atoms with Crippen molar-refractivity contribution >= 4 is 15.9 Å². The average molecular weight is 284 g/mol. The Kier molecular flexibility index (Phi) is 3.87. The molecule has 1 fully saturated rings. The Morgan fingerprint density at radius 1 is 1.44 bits per heavy atom. The summed E-state index contributed by atoms with van der Waals surface area (Å²) in [5.41, 5.74) is 1.31. The Labute approximate surface area is 106 Å². The van der Waals surface area contributed by atoms with Gasteiger partial charge in [-0.15, -0.1) is 0 Å². The van der Waals surface area contributed by atoms with Crippen molar-refractivity contribution in [3.63, 3.8) is 0 Å². The SMILES string of the molecule is COc1ccc(C(C)NC2CCC2)cc1Br. The van der Waals surface area contributed by atoms with Crippen molar-refractivity contribution in [2.24, 2.45) is 0 Å². The first-order valence-electron chi connectivity index (χ1n) is 5.80. The summed E-state index contributed by atoms with van der Waals surface area (Å²) < 4.78 is 6.25. The number of hydrogen-bond acceptors (Lipinski definition) is 2. The largest absolute Gasteiger partial charge is 0.496 e. The second-order valence-corrected chi connectivity index (χ2v) is 5.26. The number of ether oxygens (including phenoxy) is 1. The van der Waals surface area contributed by atoms with Crippen LogP contribution in [0.15, 0.2) is 22.7 Å². The predicted octanol–water partition coefficient (Wildman–Crippen LogP) is 3.66. The van der Waals surface area contributed by atoms with E-state index < -0.39 is 0 Å². The Bertz CT molecular complexity index is 363. The minimum absolute atomic E-state index is 0.410. The summed E-state index contributed by atoms with van der Waals surface area (Å²) in [4.78, 5) is 0. The third-order valence-corrected chi connectivity index (χ3v) is 3.89. The van der Waals surface area contributed by atoms with Gasteiger partial charge in [-0.2, -0.15) is 0 Å². The van der Waals surface area contributed by atoms with Crippen LogP contribution in [0, 0.1) is 0 Å². The normalized spacial score (nSPS) is 17.9. The molecule has 0 spiro atoms. The van der Waals surface area contributed by atoms with Gasteiger partial charge in [-0.3, -0.25) is 0 Å². The molecule has 0 radical (unpaired) electrons. The van der Waals surface area contributed by atoms with Gasteiger partial charge in [0, 0.05) is 12.1 Å². The molecule has 2 nitrogen and oxygen atoms in total. The van der Waals surface area contributed by atoms with Gasteiger partial charge >= 0.3 is 0 Å². The van der Waals surface area contributed by atoms with E-state index in [2.05, 4.69) is 40.3 Å². The van der Waals surface area contributed by atoms with Gasteiger partial charge in [-0.25, -0.2) is 0 Å². The summed E-state index contributed by atoms with van der Waals surface area (Å²) >= 11 is 3.52. The second kappa shape index (κ2) is 5.19. The number of nitrogens with one attached hydrogen (secondary N) is 1. The first-order valence-corrected chi connectivity index (χ1v) is 6.59. The molecule has 1 aliphatic rings. The fraction of sp³-hybridized carbons (Fsp3) is 0.538. The van der Waals surface area contributed by atoms with Gasteiger partial charge in [0.25, 0.3) is 0 Å². The molecule has 0 heterocycles. The van der Waals surface area contributed by atoms with Gasteiger partial charge in [0.2, 0.25) is 0 Å². The fourth-order valence-electron chi connectivity index (χ4n) is 1.98. The molecule has 0 bridgehead atoms. The summed E-state index contributed by atoms with van der Waals surface area (Å²) in [6, 6.07) is 7.40. The van der Waals surface area contributed by atoms with E-state index in [0.717, 1.165) is 16.3 Å². The molecule has 0 aliphatic heterocycles. The minimum Gasteiger partial charge on any atom is -0.496 e. The average Bonchev–Trinajstić information content (AvgIpc) is 2.23. The lowest BCUT2D eigenvalue weighted by atomic mass is 9.92. The Morgan fingerprint density at radius 2 is 2.19 bits per heavy atom. The van der Waals surface area contributed by atoms with Crippen LogP contribution in [0.3, 0.4) is 0 Å². The molecule has 1 saturated carbocycles. The first kappa shape index (κ1) is 11.9. The van der Waals surface area contributed by atoms with E-state index in [0.29, 0.717) is 6.04 Å². The lowest BCUT2D eigenvalue weighted by Crippen LogP contribution is -2.36. The maximum absolute atomic E-state index is 5.23. The van der Waals surface area contributed by atoms with Gasteiger partial charge in [-0.1, -0.05) is 12.5 Å². The summed E-state index contributed by atoms with van der Waals surface area (Å²) in [5, 5.41) is 3.64. The van der Waals surface area contributed by atoms with Gasteiger partial charge in [0.05, 0.1) is 11.6 Å². The predicted molar refractivity (Wildman–Crippen MR) is 69.9 cm³/mol. The third-order valence-electron chi connectivity index (χ3n) is 3.27. The Hall–Kier alpha value is -0.540. The van der Waals surface area contributed by atoms with Crippen molar-refractivity contribution in [2.45, 2.75) is 38.3 Å². The van der Waals surface area contributed by atoms with Crippen LogP contribution in [0.25, 0.3) is 0 Å². The highest BCUT2D eigenvalue weighted by atomic mass is 79.9. The van der Waals surface area contributed by atoms with Crippen LogP contribution in [0.4, 0.5) is 0 Å². The monoisotopic (exact) mass is 283 g/mol. The molecule has 0 aromatic heterocycles. The van der Waals surface area contributed by atoms with E-state index in [1.165, 1.54) is 24.8 Å². The zero-order valence-electron chi connectivity index (χ0n) is 9.79. The minimum atomic E-state index is 0.410. The van der Waals surface area contributed by atoms with Crippen molar-refractivity contribution in [3.8, 4) is 5.75 Å². The van der Waals surface area contributed by atoms with Crippen molar-refractivity contribution < 1.29 is 4.74 Å². The molecule has 16 heavy (non-hydrogen) atoms. The summed E-state index contributed by atoms with van der Waals surface area (Å²) in [7, 11) is 1.69. The molecule has 88 valence electrons. The van der Waals surface area contributed by atoms with Gasteiger partial charge in [-0.05, 0) is 53.4 Å². The van der Waals surface area contributed by atoms with E-state index in [1.807, 2.05) is 6.07 Å². The van der Waals surface area contributed by atoms with Crippen molar-refractivity contribution in [3.05, 3.63) is 28.2 Å². The van der Waals surface area contributed by atoms with Crippen LogP contribution in [0.1, 0.15) is 37.8 Å². The molecular weight excluding hydrogens is 266 g/mol. The number of hydrogen-bond donors (Lipinski definition) is 1. The van der Waals surface area contributed by atoms with Crippen LogP contribution >= 0.6 is 15.9 Å². The second-order valence-electron chi connectivity index (χ2n) is 4.41. The maximum Gasteiger partial charge on any atom is 0.133 e. The highest BCUT2D eigenvalue weighted by molar-refractivity contribution is 9.10. The first-order chi connectivity index (χ1) is 7.70. The molecule has 0 amide bonds. The highest BCUT2D eigenvalue weighted by Crippen LogP contribution is 2.29. The van der Waals surface area contributed by atoms with Crippen LogP contribution in [0.2, 0.25) is 0 Å². The third kappa shape index (κ3) is 2.58. The van der Waals surface area contributed by atoms with E-state index >= 15 is 0 Å². The van der Waals surface area contributed by atoms with Crippen molar-refractivity contribution in [2.75, 3.05) is 7.11 Å². The molecule has 1 atom stereocenters. The maximum atomic E-state index is 5.23. The molecule has 1 aromatic carbocycles. The van der Waals surface area contributed by atoms with Crippen LogP contribution in [0.5, 0.6) is 5.75 Å². The lowest BCUT2D eigenvalue weighted by Gasteiger charge is -2.30.